The summed E-state index contributed by atoms with van der Waals surface area (Å²) in [6, 6.07) is 0. The number of hydrogen-bond acceptors (Lipinski definition) is 3. The fraction of sp³-hybridized carbons (Fsp3) is 0.429. The first-order valence-corrected chi connectivity index (χ1v) is 3.34. The smallest absolute Gasteiger partial charge is 0.168 e. The van der Waals surface area contributed by atoms with Gasteiger partial charge >= 0.3 is 0 Å². The van der Waals surface area contributed by atoms with Gasteiger partial charge in [-0.05, 0) is 6.42 Å². The second-order valence-electron chi connectivity index (χ2n) is 2.44. The third-order valence-electron chi connectivity index (χ3n) is 1.75. The van der Waals surface area contributed by atoms with Gasteiger partial charge in [-0.2, -0.15) is 0 Å². The Hall–Kier alpha value is -0.830. The molecule has 4 heteroatoms. The quantitative estimate of drug-likeness (QED) is 0.599. The van der Waals surface area contributed by atoms with Crippen LogP contribution in [0.4, 0.5) is 0 Å². The molecule has 0 bridgehead atoms. The molecule has 2 rings (SSSR count). The Morgan fingerprint density at radius 1 is 1.45 bits per heavy atom. The number of aryl methyl sites for hydroxylation is 1. The van der Waals surface area contributed by atoms with Crippen molar-refractivity contribution in [1.29, 1.82) is 0 Å². The molecule has 11 heavy (non-hydrogen) atoms. The molecule has 0 radical (unpaired) electrons. The maximum absolute atomic E-state index is 11.0. The highest BCUT2D eigenvalue weighted by atomic mass is 35.5. The molecule has 0 unspecified atom stereocenters. The molecule has 0 aliphatic heterocycles. The van der Waals surface area contributed by atoms with Crippen LogP contribution in [-0.4, -0.2) is 10.9 Å². The third kappa shape index (κ3) is 1.28. The summed E-state index contributed by atoms with van der Waals surface area (Å²) >= 11 is 0. The lowest BCUT2D eigenvalue weighted by molar-refractivity contribution is 0.0969. The molecule has 1 heterocycles. The SMILES string of the molecule is Cl.O=C1CCCc2oncc21. The second-order valence-corrected chi connectivity index (χ2v) is 2.44. The molecule has 1 aliphatic rings. The van der Waals surface area contributed by atoms with E-state index in [9.17, 15) is 4.79 Å². The first-order chi connectivity index (χ1) is 4.88. The summed E-state index contributed by atoms with van der Waals surface area (Å²) in [5.74, 6) is 0.929. The highest BCUT2D eigenvalue weighted by molar-refractivity contribution is 5.97. The van der Waals surface area contributed by atoms with Gasteiger partial charge in [-0.15, -0.1) is 12.4 Å². The van der Waals surface area contributed by atoms with Crippen molar-refractivity contribution < 1.29 is 9.32 Å². The van der Waals surface area contributed by atoms with Crippen LogP contribution < -0.4 is 0 Å². The van der Waals surface area contributed by atoms with E-state index in [1.54, 1.807) is 0 Å². The Bertz CT molecular complexity index is 269. The van der Waals surface area contributed by atoms with Gasteiger partial charge in [-0.3, -0.25) is 4.79 Å². The maximum Gasteiger partial charge on any atom is 0.168 e. The minimum atomic E-state index is 0. The number of ketones is 1. The Balaban J connectivity index is 0.000000605. The zero-order valence-corrected chi connectivity index (χ0v) is 6.69. The zero-order chi connectivity index (χ0) is 6.97. The standard InChI is InChI=1S/C7H7NO2.ClH/c9-6-2-1-3-7-5(6)4-8-10-7;/h4H,1-3H2;1H. The molecule has 0 amide bonds. The first-order valence-electron chi connectivity index (χ1n) is 3.34. The normalized spacial score (nSPS) is 15.5. The van der Waals surface area contributed by atoms with Crippen molar-refractivity contribution in [1.82, 2.24) is 5.16 Å². The molecule has 0 saturated carbocycles. The number of aromatic nitrogens is 1. The van der Waals surface area contributed by atoms with Crippen molar-refractivity contribution in [3.8, 4) is 0 Å². The van der Waals surface area contributed by atoms with E-state index in [-0.39, 0.29) is 18.2 Å². The number of Topliss-reactive ketones (excluding diaryl/α,β-unsaturated/α-hetero) is 1. The Labute approximate surface area is 70.2 Å². The zero-order valence-electron chi connectivity index (χ0n) is 5.87. The van der Waals surface area contributed by atoms with Crippen molar-refractivity contribution in [3.63, 3.8) is 0 Å². The van der Waals surface area contributed by atoms with E-state index < -0.39 is 0 Å². The fourth-order valence-electron chi connectivity index (χ4n) is 1.22. The molecule has 60 valence electrons. The molecule has 0 atom stereocenters. The van der Waals surface area contributed by atoms with Crippen LogP contribution in [0.25, 0.3) is 0 Å². The molecule has 1 aliphatic carbocycles. The molecule has 0 fully saturated rings. The average molecular weight is 174 g/mol. The van der Waals surface area contributed by atoms with Crippen molar-refractivity contribution in [2.75, 3.05) is 0 Å². The van der Waals surface area contributed by atoms with Crippen molar-refractivity contribution in [2.24, 2.45) is 0 Å². The third-order valence-corrected chi connectivity index (χ3v) is 1.75. The van der Waals surface area contributed by atoms with Crippen LogP contribution in [0.3, 0.4) is 0 Å². The maximum atomic E-state index is 11.0. The molecule has 0 aromatic carbocycles. The lowest BCUT2D eigenvalue weighted by Crippen LogP contribution is -2.07. The average Bonchev–Trinajstić information content (AvgIpc) is 2.36. The molecular weight excluding hydrogens is 166 g/mol. The number of nitrogens with zero attached hydrogens (tertiary/aromatic N) is 1. The molecule has 0 spiro atoms. The van der Waals surface area contributed by atoms with E-state index >= 15 is 0 Å². The topological polar surface area (TPSA) is 43.1 Å². The van der Waals surface area contributed by atoms with Crippen LogP contribution in [0.5, 0.6) is 0 Å². The lowest BCUT2D eigenvalue weighted by atomic mass is 9.98. The van der Waals surface area contributed by atoms with Crippen LogP contribution in [-0.2, 0) is 6.42 Å². The van der Waals surface area contributed by atoms with Gasteiger partial charge in [0, 0.05) is 12.8 Å². The van der Waals surface area contributed by atoms with E-state index in [0.717, 1.165) is 18.6 Å². The number of rotatable bonds is 0. The van der Waals surface area contributed by atoms with Gasteiger partial charge in [-0.1, -0.05) is 5.16 Å². The summed E-state index contributed by atoms with van der Waals surface area (Å²) in [6.07, 6.45) is 3.92. The van der Waals surface area contributed by atoms with E-state index in [1.165, 1.54) is 6.20 Å². The van der Waals surface area contributed by atoms with Crippen LogP contribution in [0.2, 0.25) is 0 Å². The highest BCUT2D eigenvalue weighted by Crippen LogP contribution is 2.19. The predicted octanol–water partition coefficient (Wildman–Crippen LogP) is 1.62. The minimum Gasteiger partial charge on any atom is -0.361 e. The molecule has 1 aromatic heterocycles. The minimum absolute atomic E-state index is 0. The first kappa shape index (κ1) is 8.27. The summed E-state index contributed by atoms with van der Waals surface area (Å²) in [4.78, 5) is 11.0. The van der Waals surface area contributed by atoms with Crippen LogP contribution in [0.15, 0.2) is 10.7 Å². The van der Waals surface area contributed by atoms with Gasteiger partial charge in [0.05, 0.1) is 11.8 Å². The largest absolute Gasteiger partial charge is 0.361 e. The monoisotopic (exact) mass is 173 g/mol. The summed E-state index contributed by atoms with van der Waals surface area (Å²) in [5.41, 5.74) is 0.686. The van der Waals surface area contributed by atoms with Crippen molar-refractivity contribution in [3.05, 3.63) is 17.5 Å². The number of hydrogen-bond donors (Lipinski definition) is 0. The highest BCUT2D eigenvalue weighted by Gasteiger charge is 2.20. The Morgan fingerprint density at radius 2 is 2.27 bits per heavy atom. The fourth-order valence-corrected chi connectivity index (χ4v) is 1.22. The number of carbonyl (C=O) groups is 1. The Morgan fingerprint density at radius 3 is 3.00 bits per heavy atom. The van der Waals surface area contributed by atoms with E-state index in [0.29, 0.717) is 12.0 Å². The van der Waals surface area contributed by atoms with Crippen LogP contribution in [0, 0.1) is 0 Å². The van der Waals surface area contributed by atoms with Gasteiger partial charge in [0.2, 0.25) is 0 Å². The van der Waals surface area contributed by atoms with E-state index in [4.69, 9.17) is 4.52 Å². The molecular formula is C7H8ClNO2. The van der Waals surface area contributed by atoms with Gasteiger partial charge in [0.15, 0.2) is 5.78 Å². The molecule has 1 aromatic rings. The summed E-state index contributed by atoms with van der Waals surface area (Å²) in [5, 5.41) is 3.56. The van der Waals surface area contributed by atoms with Crippen molar-refractivity contribution >= 4 is 18.2 Å². The van der Waals surface area contributed by atoms with Gasteiger partial charge in [0.1, 0.15) is 5.76 Å². The molecule has 3 nitrogen and oxygen atoms in total. The number of carbonyl (C=O) groups excluding carboxylic acids is 1. The van der Waals surface area contributed by atoms with Crippen molar-refractivity contribution in [2.45, 2.75) is 19.3 Å². The van der Waals surface area contributed by atoms with Gasteiger partial charge in [0.25, 0.3) is 0 Å². The lowest BCUT2D eigenvalue weighted by Gasteiger charge is -2.04. The summed E-state index contributed by atoms with van der Waals surface area (Å²) in [7, 11) is 0. The summed E-state index contributed by atoms with van der Waals surface area (Å²) < 4.78 is 4.86. The number of fused-ring (bicyclic) bond motifs is 1. The van der Waals surface area contributed by atoms with Gasteiger partial charge in [-0.25, -0.2) is 0 Å². The Kier molecular flexibility index (Phi) is 2.29. The number of halogens is 1. The van der Waals surface area contributed by atoms with E-state index in [1.807, 2.05) is 0 Å². The van der Waals surface area contributed by atoms with Crippen LogP contribution in [0.1, 0.15) is 29.0 Å². The summed E-state index contributed by atoms with van der Waals surface area (Å²) in [6.45, 7) is 0. The predicted molar refractivity (Wildman–Crippen MR) is 41.0 cm³/mol. The van der Waals surface area contributed by atoms with Crippen LogP contribution >= 0.6 is 12.4 Å². The van der Waals surface area contributed by atoms with Gasteiger partial charge < -0.3 is 4.52 Å². The van der Waals surface area contributed by atoms with E-state index in [2.05, 4.69) is 5.16 Å². The second kappa shape index (κ2) is 3.05. The molecule has 0 saturated heterocycles. The molecule has 0 N–H and O–H groups in total.